The van der Waals surface area contributed by atoms with Gasteiger partial charge < -0.3 is 25.4 Å². The fraction of sp³-hybridized carbons (Fsp3) is 0.621. The Kier molecular flexibility index (Phi) is 8.75. The SMILES string of the molecule is CN(CCNS(C)(=O)=O)c1c(O[C@H]2CC[C@H](NC(=O)OC(C)(C)C)CC2)ccc2c1CC(C)(C)c1c(N)ncnc1-2. The van der Waals surface area contributed by atoms with Crippen LogP contribution in [-0.2, 0) is 26.6 Å². The van der Waals surface area contributed by atoms with E-state index in [4.69, 9.17) is 15.2 Å². The second kappa shape index (κ2) is 11.6. The molecule has 1 amide bonds. The number of ether oxygens (including phenoxy) is 2. The molecule has 2 aliphatic carbocycles. The third kappa shape index (κ3) is 7.59. The summed E-state index contributed by atoms with van der Waals surface area (Å²) in [6.45, 7) is 10.5. The number of amides is 1. The van der Waals surface area contributed by atoms with Gasteiger partial charge in [0.2, 0.25) is 10.0 Å². The summed E-state index contributed by atoms with van der Waals surface area (Å²) in [5, 5.41) is 2.99. The monoisotopic (exact) mass is 588 g/mol. The molecule has 12 heteroatoms. The number of nitrogens with zero attached hydrogens (tertiary/aromatic N) is 3. The van der Waals surface area contributed by atoms with Crippen LogP contribution in [-0.4, -0.2) is 68.6 Å². The van der Waals surface area contributed by atoms with E-state index >= 15 is 0 Å². The number of carbonyl (C=O) groups is 1. The number of rotatable bonds is 8. The predicted molar refractivity (Wildman–Crippen MR) is 161 cm³/mol. The number of nitrogen functional groups attached to an aromatic ring is 1. The van der Waals surface area contributed by atoms with Crippen molar-refractivity contribution in [1.82, 2.24) is 20.0 Å². The minimum atomic E-state index is -3.32. The number of alkyl carbamates (subject to hydrolysis) is 1. The van der Waals surface area contributed by atoms with Crippen molar-refractivity contribution in [3.05, 3.63) is 29.6 Å². The van der Waals surface area contributed by atoms with Crippen LogP contribution < -0.4 is 25.4 Å². The largest absolute Gasteiger partial charge is 0.488 e. The van der Waals surface area contributed by atoms with E-state index in [9.17, 15) is 13.2 Å². The van der Waals surface area contributed by atoms with E-state index in [1.807, 2.05) is 44.9 Å². The van der Waals surface area contributed by atoms with Gasteiger partial charge in [0, 0.05) is 37.3 Å². The van der Waals surface area contributed by atoms with Gasteiger partial charge in [-0.05, 0) is 76.0 Å². The predicted octanol–water partition coefficient (Wildman–Crippen LogP) is 3.76. The molecule has 0 radical (unpaired) electrons. The molecule has 1 aromatic carbocycles. The molecule has 226 valence electrons. The summed E-state index contributed by atoms with van der Waals surface area (Å²) in [5.41, 5.74) is 10.2. The van der Waals surface area contributed by atoms with Crippen LogP contribution in [0, 0.1) is 0 Å². The molecular formula is C29H44N6O5S. The number of hydrogen-bond donors (Lipinski definition) is 3. The molecule has 0 spiro atoms. The van der Waals surface area contributed by atoms with Crippen LogP contribution in [0.5, 0.6) is 5.75 Å². The molecule has 0 atom stereocenters. The molecule has 11 nitrogen and oxygen atoms in total. The van der Waals surface area contributed by atoms with Crippen molar-refractivity contribution in [3.8, 4) is 17.0 Å². The number of sulfonamides is 1. The second-order valence-electron chi connectivity index (χ2n) is 12.8. The Morgan fingerprint density at radius 1 is 1.17 bits per heavy atom. The van der Waals surface area contributed by atoms with Crippen molar-refractivity contribution >= 4 is 27.6 Å². The second-order valence-corrected chi connectivity index (χ2v) is 14.6. The molecule has 4 rings (SSSR count). The van der Waals surface area contributed by atoms with Crippen LogP contribution in [0.4, 0.5) is 16.3 Å². The van der Waals surface area contributed by atoms with Gasteiger partial charge >= 0.3 is 6.09 Å². The Labute approximate surface area is 243 Å². The standard InChI is InChI=1S/C29H44N6O5S/c1-28(2,3)40-27(36)34-18-8-10-19(11-9-18)39-22-13-12-20-21(25(22)35(6)15-14-33-41(7,37)38)16-29(4,5)23-24(20)31-17-32-26(23)30/h12-13,17-19,33H,8-11,14-16H2,1-7H3,(H,34,36)(H2,30,31,32)/t18-,19-. The van der Waals surface area contributed by atoms with E-state index in [1.165, 1.54) is 6.33 Å². The fourth-order valence-electron chi connectivity index (χ4n) is 5.82. The molecule has 0 bridgehead atoms. The molecular weight excluding hydrogens is 544 g/mol. The fourth-order valence-corrected chi connectivity index (χ4v) is 6.28. The highest BCUT2D eigenvalue weighted by Crippen LogP contribution is 2.49. The molecule has 4 N–H and O–H groups in total. The zero-order valence-electron chi connectivity index (χ0n) is 25.2. The molecule has 1 fully saturated rings. The van der Waals surface area contributed by atoms with Gasteiger partial charge in [0.15, 0.2) is 0 Å². The number of fused-ring (bicyclic) bond motifs is 3. The van der Waals surface area contributed by atoms with E-state index in [1.54, 1.807) is 0 Å². The first-order valence-corrected chi connectivity index (χ1v) is 16.0. The summed E-state index contributed by atoms with van der Waals surface area (Å²) >= 11 is 0. The minimum Gasteiger partial charge on any atom is -0.488 e. The lowest BCUT2D eigenvalue weighted by Crippen LogP contribution is -2.42. The van der Waals surface area contributed by atoms with Gasteiger partial charge in [0.05, 0.1) is 23.7 Å². The molecule has 2 aliphatic rings. The van der Waals surface area contributed by atoms with Crippen LogP contribution in [0.25, 0.3) is 11.3 Å². The van der Waals surface area contributed by atoms with Gasteiger partial charge in [0.1, 0.15) is 23.5 Å². The van der Waals surface area contributed by atoms with Crippen LogP contribution in [0.1, 0.15) is 71.4 Å². The van der Waals surface area contributed by atoms with Crippen LogP contribution in [0.3, 0.4) is 0 Å². The summed E-state index contributed by atoms with van der Waals surface area (Å²) in [5.74, 6) is 1.23. The van der Waals surface area contributed by atoms with E-state index in [0.717, 1.165) is 65.8 Å². The van der Waals surface area contributed by atoms with Gasteiger partial charge in [-0.25, -0.2) is 27.9 Å². The first-order valence-electron chi connectivity index (χ1n) is 14.1. The molecule has 0 aliphatic heterocycles. The third-order valence-electron chi connectivity index (χ3n) is 7.55. The number of carbonyl (C=O) groups excluding carboxylic acids is 1. The Balaban J connectivity index is 1.59. The van der Waals surface area contributed by atoms with Gasteiger partial charge in [-0.1, -0.05) is 13.8 Å². The molecule has 1 heterocycles. The smallest absolute Gasteiger partial charge is 0.407 e. The van der Waals surface area contributed by atoms with Gasteiger partial charge in [-0.2, -0.15) is 0 Å². The van der Waals surface area contributed by atoms with Crippen LogP contribution in [0.2, 0.25) is 0 Å². The summed E-state index contributed by atoms with van der Waals surface area (Å²) < 4.78 is 38.1. The Bertz CT molecular complexity index is 1380. The number of hydrogen-bond acceptors (Lipinski definition) is 9. The van der Waals surface area contributed by atoms with Gasteiger partial charge in [0.25, 0.3) is 0 Å². The van der Waals surface area contributed by atoms with Crippen molar-refractivity contribution in [2.24, 2.45) is 0 Å². The normalized spacial score (nSPS) is 20.0. The van der Waals surface area contributed by atoms with Crippen molar-refractivity contribution in [2.75, 3.05) is 37.0 Å². The lowest BCUT2D eigenvalue weighted by atomic mass is 9.71. The maximum Gasteiger partial charge on any atom is 0.407 e. The van der Waals surface area contributed by atoms with Gasteiger partial charge in [-0.3, -0.25) is 0 Å². The summed E-state index contributed by atoms with van der Waals surface area (Å²) in [4.78, 5) is 23.2. The highest BCUT2D eigenvalue weighted by atomic mass is 32.2. The number of nitrogens with two attached hydrogens (primary N) is 1. The molecule has 1 aromatic heterocycles. The Hall–Kier alpha value is -3.12. The maximum atomic E-state index is 12.2. The average molecular weight is 589 g/mol. The topological polar surface area (TPSA) is 149 Å². The number of nitrogens with one attached hydrogen (secondary N) is 2. The Morgan fingerprint density at radius 2 is 1.85 bits per heavy atom. The van der Waals surface area contributed by atoms with Crippen molar-refractivity contribution in [2.45, 2.75) is 89.9 Å². The highest BCUT2D eigenvalue weighted by Gasteiger charge is 2.37. The van der Waals surface area contributed by atoms with E-state index in [2.05, 4.69) is 33.9 Å². The Morgan fingerprint density at radius 3 is 2.49 bits per heavy atom. The molecule has 41 heavy (non-hydrogen) atoms. The first kappa shape index (κ1) is 30.8. The minimum absolute atomic E-state index is 0.0205. The highest BCUT2D eigenvalue weighted by molar-refractivity contribution is 7.88. The van der Waals surface area contributed by atoms with Crippen molar-refractivity contribution < 1.29 is 22.7 Å². The lowest BCUT2D eigenvalue weighted by Gasteiger charge is -2.38. The quantitative estimate of drug-likeness (QED) is 0.419. The summed E-state index contributed by atoms with van der Waals surface area (Å²) in [7, 11) is -1.37. The number of aromatic nitrogens is 2. The number of likely N-dealkylation sites (N-methyl/N-ethyl adjacent to an activating group) is 1. The van der Waals surface area contributed by atoms with Gasteiger partial charge in [-0.15, -0.1) is 0 Å². The molecule has 2 aromatic rings. The maximum absolute atomic E-state index is 12.2. The molecule has 1 saturated carbocycles. The van der Waals surface area contributed by atoms with Crippen molar-refractivity contribution in [1.29, 1.82) is 0 Å². The first-order chi connectivity index (χ1) is 19.0. The van der Waals surface area contributed by atoms with Crippen molar-refractivity contribution in [3.63, 3.8) is 0 Å². The van der Waals surface area contributed by atoms with E-state index in [0.29, 0.717) is 18.8 Å². The van der Waals surface area contributed by atoms with E-state index in [-0.39, 0.29) is 24.1 Å². The average Bonchev–Trinajstić information content (AvgIpc) is 2.82. The molecule has 0 unspecified atom stereocenters. The summed E-state index contributed by atoms with van der Waals surface area (Å²) in [6.07, 6.45) is 6.07. The third-order valence-corrected chi connectivity index (χ3v) is 8.28. The van der Waals surface area contributed by atoms with Crippen LogP contribution >= 0.6 is 0 Å². The number of benzene rings is 1. The van der Waals surface area contributed by atoms with Crippen LogP contribution in [0.15, 0.2) is 18.5 Å². The lowest BCUT2D eigenvalue weighted by molar-refractivity contribution is 0.0471. The molecule has 0 saturated heterocycles. The summed E-state index contributed by atoms with van der Waals surface area (Å²) in [6, 6.07) is 4.05. The number of anilines is 2. The van der Waals surface area contributed by atoms with E-state index < -0.39 is 21.7 Å². The zero-order chi connectivity index (χ0) is 30.2. The zero-order valence-corrected chi connectivity index (χ0v) is 26.0.